The van der Waals surface area contributed by atoms with E-state index in [0.29, 0.717) is 5.92 Å². The summed E-state index contributed by atoms with van der Waals surface area (Å²) in [6.45, 7) is 4.59. The summed E-state index contributed by atoms with van der Waals surface area (Å²) >= 11 is 1.18. The summed E-state index contributed by atoms with van der Waals surface area (Å²) in [5.74, 6) is 0.596. The molecule has 1 unspecified atom stereocenters. The zero-order valence-corrected chi connectivity index (χ0v) is 16.4. The van der Waals surface area contributed by atoms with Crippen LogP contribution in [0.15, 0.2) is 47.6 Å². The fourth-order valence-corrected chi connectivity index (χ4v) is 4.59. The standard InChI is InChI=1S/C18H25O.ClH.Zr/c1-3-5-10-15(4-2)18(19,16-11-6-7-12-16)17-13-8-9-14-17;;/h6-9,11,13,15H,3-5,10,12,14H2,1-2H3;1H;/q-1;;+1. The Hall–Kier alpha value is 0.0931. The van der Waals surface area contributed by atoms with E-state index in [1.165, 1.54) is 62.0 Å². The van der Waals surface area contributed by atoms with Crippen molar-refractivity contribution in [2.75, 3.05) is 0 Å². The topological polar surface area (TPSA) is 9.23 Å². The van der Waals surface area contributed by atoms with Crippen LogP contribution in [-0.4, -0.2) is 5.60 Å². The van der Waals surface area contributed by atoms with Gasteiger partial charge in [-0.1, -0.05) is 0 Å². The predicted molar refractivity (Wildman–Crippen MR) is 88.1 cm³/mol. The van der Waals surface area contributed by atoms with Gasteiger partial charge in [0.2, 0.25) is 0 Å². The summed E-state index contributed by atoms with van der Waals surface area (Å²) in [5.41, 5.74) is 2.79. The van der Waals surface area contributed by atoms with Gasteiger partial charge >= 0.3 is 139 Å². The molecule has 1 atom stereocenters. The van der Waals surface area contributed by atoms with Gasteiger partial charge in [0.05, 0.1) is 0 Å². The maximum Gasteiger partial charge on any atom is -0.147 e. The zero-order valence-electron chi connectivity index (χ0n) is 13.1. The molecular weight excluding hydrogens is 359 g/mol. The average molecular weight is 385 g/mol. The van der Waals surface area contributed by atoms with E-state index in [4.69, 9.17) is 2.81 Å². The van der Waals surface area contributed by atoms with Crippen molar-refractivity contribution in [3.63, 3.8) is 0 Å². The smallest absolute Gasteiger partial charge is 0.147 e. The van der Waals surface area contributed by atoms with E-state index in [-0.39, 0.29) is 18.0 Å². The molecule has 0 fully saturated rings. The Morgan fingerprint density at radius 3 is 2.05 bits per heavy atom. The molecule has 0 aromatic heterocycles. The summed E-state index contributed by atoms with van der Waals surface area (Å²) in [6.07, 6.45) is 20.6. The van der Waals surface area contributed by atoms with Crippen LogP contribution in [0.3, 0.4) is 0 Å². The van der Waals surface area contributed by atoms with Crippen LogP contribution >= 0.6 is 12.4 Å². The van der Waals surface area contributed by atoms with Gasteiger partial charge in [0.1, 0.15) is 0 Å². The minimum atomic E-state index is -0.144. The van der Waals surface area contributed by atoms with E-state index in [0.717, 1.165) is 12.8 Å². The SMILES string of the molecule is CCCCC(CC)C([O][Zr])(C1=CC=CC1)C1=CC=CC1.Cl. The molecule has 2 aliphatic carbocycles. The van der Waals surface area contributed by atoms with E-state index in [1.807, 2.05) is 0 Å². The van der Waals surface area contributed by atoms with E-state index in [1.54, 1.807) is 0 Å². The average Bonchev–Trinajstić information content (AvgIpc) is 3.16. The number of hydrogen-bond acceptors (Lipinski definition) is 1. The summed E-state index contributed by atoms with van der Waals surface area (Å²) < 4.78 is 6.33. The molecule has 2 rings (SSSR count). The van der Waals surface area contributed by atoms with Crippen molar-refractivity contribution in [2.45, 2.75) is 58.0 Å². The third-order valence-electron chi connectivity index (χ3n) is 4.63. The molecule has 0 aromatic carbocycles. The second-order valence-electron chi connectivity index (χ2n) is 5.73. The predicted octanol–water partition coefficient (Wildman–Crippen LogP) is 5.61. The van der Waals surface area contributed by atoms with Gasteiger partial charge < -0.3 is 0 Å². The van der Waals surface area contributed by atoms with Crippen LogP contribution in [-0.2, 0) is 28.0 Å². The Bertz CT molecular complexity index is 418. The van der Waals surface area contributed by atoms with Crippen LogP contribution in [0, 0.1) is 5.92 Å². The second kappa shape index (κ2) is 9.28. The largest absolute Gasteiger partial charge is 0.147 e. The summed E-state index contributed by atoms with van der Waals surface area (Å²) in [4.78, 5) is 0. The minimum absolute atomic E-state index is 0. The van der Waals surface area contributed by atoms with Crippen molar-refractivity contribution >= 4 is 12.4 Å². The molecule has 1 nitrogen and oxygen atoms in total. The first kappa shape index (κ1) is 19.1. The fraction of sp³-hybridized carbons (Fsp3) is 0.556. The number of allylic oxidation sites excluding steroid dienone is 6. The molecule has 0 heterocycles. The first-order valence-electron chi connectivity index (χ1n) is 7.86. The third-order valence-corrected chi connectivity index (χ3v) is 5.42. The van der Waals surface area contributed by atoms with Gasteiger partial charge in [-0.3, -0.25) is 0 Å². The Morgan fingerprint density at radius 2 is 1.71 bits per heavy atom. The van der Waals surface area contributed by atoms with Crippen LogP contribution < -0.4 is 0 Å². The third kappa shape index (κ3) is 3.90. The molecule has 0 N–H and O–H groups in total. The van der Waals surface area contributed by atoms with Crippen LogP contribution in [0.2, 0.25) is 0 Å². The number of unbranched alkanes of at least 4 members (excludes halogenated alkanes) is 1. The monoisotopic (exact) mass is 383 g/mol. The molecule has 0 bridgehead atoms. The maximum absolute atomic E-state index is 6.33. The molecule has 0 saturated heterocycles. The molecule has 0 aliphatic heterocycles. The van der Waals surface area contributed by atoms with Gasteiger partial charge in [-0.2, -0.15) is 0 Å². The van der Waals surface area contributed by atoms with E-state index < -0.39 is 0 Å². The molecule has 115 valence electrons. The molecule has 2 aliphatic rings. The van der Waals surface area contributed by atoms with Crippen LogP contribution in [0.5, 0.6) is 0 Å². The van der Waals surface area contributed by atoms with Crippen molar-refractivity contribution in [3.05, 3.63) is 47.6 Å². The van der Waals surface area contributed by atoms with Crippen molar-refractivity contribution < 1.29 is 28.0 Å². The van der Waals surface area contributed by atoms with E-state index in [9.17, 15) is 0 Å². The summed E-state index contributed by atoms with van der Waals surface area (Å²) in [7, 11) is 0. The van der Waals surface area contributed by atoms with E-state index >= 15 is 0 Å². The van der Waals surface area contributed by atoms with Gasteiger partial charge in [-0.05, 0) is 0 Å². The van der Waals surface area contributed by atoms with Gasteiger partial charge in [-0.25, -0.2) is 0 Å². The number of halogens is 1. The number of rotatable bonds is 8. The Morgan fingerprint density at radius 1 is 1.14 bits per heavy atom. The quantitative estimate of drug-likeness (QED) is 0.528. The molecule has 0 radical (unpaired) electrons. The van der Waals surface area contributed by atoms with Crippen molar-refractivity contribution in [2.24, 2.45) is 5.92 Å². The van der Waals surface area contributed by atoms with Gasteiger partial charge in [0.25, 0.3) is 0 Å². The molecule has 0 amide bonds. The second-order valence-corrected chi connectivity index (χ2v) is 6.24. The number of hydrogen-bond donors (Lipinski definition) is 0. The van der Waals surface area contributed by atoms with Gasteiger partial charge in [-0.15, -0.1) is 12.4 Å². The molecule has 3 heteroatoms. The molecule has 0 aromatic rings. The normalized spacial score (nSPS) is 18.3. The van der Waals surface area contributed by atoms with E-state index in [2.05, 4.69) is 50.3 Å². The maximum atomic E-state index is 6.33. The van der Waals surface area contributed by atoms with Crippen molar-refractivity contribution in [1.29, 1.82) is 0 Å². The Kier molecular flexibility index (Phi) is 8.46. The molecule has 0 spiro atoms. The van der Waals surface area contributed by atoms with Gasteiger partial charge in [0, 0.05) is 0 Å². The molecular formula is C18H26ClOZr. The fourth-order valence-electron chi connectivity index (χ4n) is 3.54. The van der Waals surface area contributed by atoms with Crippen LogP contribution in [0.25, 0.3) is 0 Å². The van der Waals surface area contributed by atoms with Crippen LogP contribution in [0.4, 0.5) is 0 Å². The van der Waals surface area contributed by atoms with Crippen molar-refractivity contribution in [1.82, 2.24) is 0 Å². The first-order chi connectivity index (χ1) is 9.79. The minimum Gasteiger partial charge on any atom is -0.147 e. The Balaban J connectivity index is 0.00000220. The summed E-state index contributed by atoms with van der Waals surface area (Å²) in [5, 5.41) is 0. The molecule has 0 saturated carbocycles. The first-order valence-corrected chi connectivity index (χ1v) is 8.87. The van der Waals surface area contributed by atoms with Crippen LogP contribution in [0.1, 0.15) is 52.4 Å². The Labute approximate surface area is 151 Å². The summed E-state index contributed by atoms with van der Waals surface area (Å²) in [6, 6.07) is 0. The molecule has 21 heavy (non-hydrogen) atoms. The zero-order chi connectivity index (χ0) is 14.4. The van der Waals surface area contributed by atoms with Crippen molar-refractivity contribution in [3.8, 4) is 0 Å². The van der Waals surface area contributed by atoms with Gasteiger partial charge in [0.15, 0.2) is 0 Å².